The number of hydrogen-bond acceptors (Lipinski definition) is 5. The second-order valence-corrected chi connectivity index (χ2v) is 12.5. The molecule has 3 aromatic rings. The van der Waals surface area contributed by atoms with Gasteiger partial charge in [-0.25, -0.2) is 12.7 Å². The molecule has 210 valence electrons. The monoisotopic (exact) mass is 625 g/mol. The number of halogens is 1. The summed E-state index contributed by atoms with van der Waals surface area (Å²) in [6.07, 6.45) is 0.731. The molecule has 0 radical (unpaired) electrons. The third kappa shape index (κ3) is 6.62. The maximum atomic E-state index is 13.9. The first-order valence-electron chi connectivity index (χ1n) is 13.2. The van der Waals surface area contributed by atoms with Gasteiger partial charge in [-0.2, -0.15) is 0 Å². The lowest BCUT2D eigenvalue weighted by Crippen LogP contribution is -2.52. The first-order valence-corrected chi connectivity index (χ1v) is 15.4. The minimum absolute atomic E-state index is 0.0611. The first kappa shape index (κ1) is 29.5. The number of hydrogen-bond donors (Lipinski definition) is 1. The Hall–Kier alpha value is -3.50. The van der Waals surface area contributed by atoms with Crippen LogP contribution in [0.4, 0.5) is 0 Å². The van der Waals surface area contributed by atoms with Crippen molar-refractivity contribution in [2.75, 3.05) is 6.54 Å². The summed E-state index contributed by atoms with van der Waals surface area (Å²) in [7, 11) is -4.06. The van der Waals surface area contributed by atoms with E-state index in [0.717, 1.165) is 26.3 Å². The second-order valence-electron chi connectivity index (χ2n) is 9.80. The van der Waals surface area contributed by atoms with Crippen molar-refractivity contribution in [3.63, 3.8) is 0 Å². The molecule has 0 saturated heterocycles. The lowest BCUT2D eigenvalue weighted by Gasteiger charge is -2.32. The molecule has 8 nitrogen and oxygen atoms in total. The molecule has 1 aliphatic rings. The molecule has 3 amide bonds. The van der Waals surface area contributed by atoms with E-state index in [4.69, 9.17) is 0 Å². The van der Waals surface area contributed by atoms with Crippen LogP contribution in [0.2, 0.25) is 0 Å². The smallest absolute Gasteiger partial charge is 0.269 e. The van der Waals surface area contributed by atoms with Crippen LogP contribution < -0.4 is 5.32 Å². The van der Waals surface area contributed by atoms with Crippen molar-refractivity contribution < 1.29 is 22.8 Å². The number of nitrogens with one attached hydrogen (secondary N) is 1. The zero-order valence-electron chi connectivity index (χ0n) is 22.4. The predicted octanol–water partition coefficient (Wildman–Crippen LogP) is 4.54. The van der Waals surface area contributed by atoms with E-state index in [0.29, 0.717) is 0 Å². The largest absolute Gasteiger partial charge is 0.352 e. The van der Waals surface area contributed by atoms with Crippen LogP contribution in [-0.4, -0.2) is 54.0 Å². The van der Waals surface area contributed by atoms with Crippen LogP contribution in [0.5, 0.6) is 0 Å². The molecule has 0 aliphatic carbocycles. The maximum Gasteiger partial charge on any atom is 0.269 e. The summed E-state index contributed by atoms with van der Waals surface area (Å²) >= 11 is 3.42. The van der Waals surface area contributed by atoms with Gasteiger partial charge in [0.25, 0.3) is 15.9 Å². The van der Waals surface area contributed by atoms with E-state index in [1.165, 1.54) is 17.0 Å². The van der Waals surface area contributed by atoms with Crippen LogP contribution in [0.15, 0.2) is 88.2 Å². The SMILES string of the molecule is CC[C@H](C)NC(=O)[C@@H](Cc1ccccc1)N(Cc1ccc(Br)cc1)C(=O)CCN1C(=O)c2ccccc2S1(=O)=O. The van der Waals surface area contributed by atoms with Crippen molar-refractivity contribution in [2.45, 2.75) is 56.6 Å². The van der Waals surface area contributed by atoms with E-state index in [9.17, 15) is 22.8 Å². The average Bonchev–Trinajstić information content (AvgIpc) is 3.15. The highest BCUT2D eigenvalue weighted by molar-refractivity contribution is 9.10. The molecule has 0 unspecified atom stereocenters. The Balaban J connectivity index is 1.64. The first-order chi connectivity index (χ1) is 19.1. The number of nitrogens with zero attached hydrogens (tertiary/aromatic N) is 2. The van der Waals surface area contributed by atoms with Crippen LogP contribution in [0.3, 0.4) is 0 Å². The average molecular weight is 627 g/mol. The van der Waals surface area contributed by atoms with Crippen LogP contribution in [-0.2, 0) is 32.6 Å². The quantitative estimate of drug-likeness (QED) is 0.337. The zero-order valence-corrected chi connectivity index (χ0v) is 24.8. The van der Waals surface area contributed by atoms with Gasteiger partial charge < -0.3 is 10.2 Å². The summed E-state index contributed by atoms with van der Waals surface area (Å²) in [6.45, 7) is 3.68. The second kappa shape index (κ2) is 12.8. The summed E-state index contributed by atoms with van der Waals surface area (Å²) < 4.78 is 27.7. The number of carbonyl (C=O) groups is 3. The van der Waals surface area contributed by atoms with Gasteiger partial charge in [0.2, 0.25) is 11.8 Å². The fourth-order valence-corrected chi connectivity index (χ4v) is 6.41. The minimum atomic E-state index is -4.06. The van der Waals surface area contributed by atoms with Crippen molar-refractivity contribution >= 4 is 43.7 Å². The molecule has 0 spiro atoms. The van der Waals surface area contributed by atoms with Gasteiger partial charge in [-0.05, 0) is 48.7 Å². The third-order valence-corrected chi connectivity index (χ3v) is 9.35. The Morgan fingerprint density at radius 3 is 2.25 bits per heavy atom. The Bertz CT molecular complexity index is 1480. The van der Waals surface area contributed by atoms with Crippen LogP contribution in [0, 0.1) is 0 Å². The van der Waals surface area contributed by atoms with Crippen molar-refractivity contribution in [3.05, 3.63) is 100 Å². The summed E-state index contributed by atoms with van der Waals surface area (Å²) in [6, 6.07) is 21.9. The molecule has 0 aromatic heterocycles. The Labute approximate surface area is 243 Å². The normalized spacial score (nSPS) is 15.3. The van der Waals surface area contributed by atoms with Gasteiger partial charge in [0.15, 0.2) is 0 Å². The van der Waals surface area contributed by atoms with Crippen LogP contribution in [0.25, 0.3) is 0 Å². The summed E-state index contributed by atoms with van der Waals surface area (Å²) in [4.78, 5) is 41.8. The van der Waals surface area contributed by atoms with Crippen molar-refractivity contribution in [1.29, 1.82) is 0 Å². The van der Waals surface area contributed by atoms with Crippen molar-refractivity contribution in [3.8, 4) is 0 Å². The summed E-state index contributed by atoms with van der Waals surface area (Å²) in [5.74, 6) is -1.37. The molecule has 1 heterocycles. The standard InChI is InChI=1S/C30H32BrN3O5S/c1-3-21(2)32-29(36)26(19-22-9-5-4-6-10-22)33(20-23-13-15-24(31)16-14-23)28(35)17-18-34-30(37)25-11-7-8-12-27(25)40(34,38)39/h4-16,21,26H,3,17-20H2,1-2H3,(H,32,36)/t21-,26+/m0/s1. The molecule has 0 bridgehead atoms. The highest BCUT2D eigenvalue weighted by atomic mass is 79.9. The fraction of sp³-hybridized carbons (Fsp3) is 0.300. The fourth-order valence-electron chi connectivity index (χ4n) is 4.57. The minimum Gasteiger partial charge on any atom is -0.352 e. The van der Waals surface area contributed by atoms with Gasteiger partial charge >= 0.3 is 0 Å². The van der Waals surface area contributed by atoms with Crippen LogP contribution >= 0.6 is 15.9 Å². The Morgan fingerprint density at radius 2 is 1.60 bits per heavy atom. The molecule has 3 aromatic carbocycles. The molecule has 1 aliphatic heterocycles. The van der Waals surface area contributed by atoms with Gasteiger partial charge in [-0.15, -0.1) is 0 Å². The predicted molar refractivity (Wildman–Crippen MR) is 156 cm³/mol. The van der Waals surface area contributed by atoms with E-state index in [-0.39, 0.29) is 48.3 Å². The highest BCUT2D eigenvalue weighted by Crippen LogP contribution is 2.30. The van der Waals surface area contributed by atoms with Crippen molar-refractivity contribution in [1.82, 2.24) is 14.5 Å². The summed E-state index contributed by atoms with van der Waals surface area (Å²) in [5, 5.41) is 3.01. The number of sulfonamides is 1. The van der Waals surface area contributed by atoms with Gasteiger partial charge in [0, 0.05) is 36.4 Å². The molecular formula is C30H32BrN3O5S. The molecule has 10 heteroatoms. The molecule has 40 heavy (non-hydrogen) atoms. The zero-order chi connectivity index (χ0) is 28.9. The number of rotatable bonds is 11. The number of amides is 3. The van der Waals surface area contributed by atoms with Crippen molar-refractivity contribution in [2.24, 2.45) is 0 Å². The van der Waals surface area contributed by atoms with E-state index < -0.39 is 27.9 Å². The van der Waals surface area contributed by atoms with Gasteiger partial charge in [0.1, 0.15) is 10.9 Å². The molecule has 0 saturated carbocycles. The van der Waals surface area contributed by atoms with Gasteiger partial charge in [-0.3, -0.25) is 14.4 Å². The van der Waals surface area contributed by atoms with E-state index >= 15 is 0 Å². The molecule has 0 fully saturated rings. The van der Waals surface area contributed by atoms with Crippen LogP contribution in [0.1, 0.15) is 48.2 Å². The highest BCUT2D eigenvalue weighted by Gasteiger charge is 2.41. The lowest BCUT2D eigenvalue weighted by atomic mass is 10.0. The molecule has 1 N–H and O–H groups in total. The van der Waals surface area contributed by atoms with E-state index in [1.54, 1.807) is 12.1 Å². The number of benzene rings is 3. The number of carbonyl (C=O) groups excluding carboxylic acids is 3. The topological polar surface area (TPSA) is 104 Å². The van der Waals surface area contributed by atoms with E-state index in [1.807, 2.05) is 68.4 Å². The van der Waals surface area contributed by atoms with E-state index in [2.05, 4.69) is 21.2 Å². The summed E-state index contributed by atoms with van der Waals surface area (Å²) in [5.41, 5.74) is 1.79. The molecule has 4 rings (SSSR count). The number of fused-ring (bicyclic) bond motifs is 1. The molecule has 2 atom stereocenters. The molecular weight excluding hydrogens is 594 g/mol. The lowest BCUT2D eigenvalue weighted by molar-refractivity contribution is -0.141. The third-order valence-electron chi connectivity index (χ3n) is 6.98. The maximum absolute atomic E-state index is 13.9. The Kier molecular flexibility index (Phi) is 9.42. The van der Waals surface area contributed by atoms with Gasteiger partial charge in [-0.1, -0.05) is 77.5 Å². The Morgan fingerprint density at radius 1 is 0.950 bits per heavy atom. The van der Waals surface area contributed by atoms with Gasteiger partial charge in [0.05, 0.1) is 5.56 Å².